The Labute approximate surface area is 151 Å². The first-order valence-corrected chi connectivity index (χ1v) is 9.08. The van der Waals surface area contributed by atoms with E-state index in [0.29, 0.717) is 19.7 Å². The Morgan fingerprint density at radius 1 is 1.16 bits per heavy atom. The number of benzene rings is 1. The zero-order valence-corrected chi connectivity index (χ0v) is 15.7. The van der Waals surface area contributed by atoms with E-state index in [0.717, 1.165) is 38.3 Å². The van der Waals surface area contributed by atoms with E-state index in [1.807, 2.05) is 26.0 Å². The topological polar surface area (TPSA) is 54.0 Å². The third-order valence-corrected chi connectivity index (χ3v) is 4.27. The molecule has 1 aliphatic heterocycles. The Balaban J connectivity index is 1.63. The highest BCUT2D eigenvalue weighted by atomic mass is 16.5. The maximum atomic E-state index is 12.0. The molecular weight excluding hydrogens is 318 g/mol. The molecule has 1 aliphatic rings. The van der Waals surface area contributed by atoms with Crippen LogP contribution in [0.4, 0.5) is 5.69 Å². The van der Waals surface area contributed by atoms with Crippen molar-refractivity contribution in [3.05, 3.63) is 24.3 Å². The van der Waals surface area contributed by atoms with Crippen LogP contribution in [0.3, 0.4) is 0 Å². The van der Waals surface area contributed by atoms with Crippen molar-refractivity contribution in [1.29, 1.82) is 0 Å². The van der Waals surface area contributed by atoms with Crippen LogP contribution in [0.1, 0.15) is 20.3 Å². The van der Waals surface area contributed by atoms with Crippen LogP contribution in [0, 0.1) is 0 Å². The first kappa shape index (κ1) is 19.5. The van der Waals surface area contributed by atoms with E-state index in [1.54, 1.807) is 7.11 Å². The zero-order chi connectivity index (χ0) is 18.1. The summed E-state index contributed by atoms with van der Waals surface area (Å²) in [5.41, 5.74) is 1.20. The molecule has 2 rings (SSSR count). The van der Waals surface area contributed by atoms with E-state index in [-0.39, 0.29) is 12.0 Å². The Kier molecular flexibility index (Phi) is 8.01. The average molecular weight is 349 g/mol. The van der Waals surface area contributed by atoms with Crippen LogP contribution in [0.15, 0.2) is 24.3 Å². The second kappa shape index (κ2) is 10.3. The lowest BCUT2D eigenvalue weighted by atomic mass is 10.2. The van der Waals surface area contributed by atoms with Crippen LogP contribution >= 0.6 is 0 Å². The molecule has 0 spiro atoms. The number of nitrogens with one attached hydrogen (secondary N) is 1. The zero-order valence-electron chi connectivity index (χ0n) is 15.7. The largest absolute Gasteiger partial charge is 0.497 e. The summed E-state index contributed by atoms with van der Waals surface area (Å²) < 4.78 is 10.7. The Hall–Kier alpha value is -1.79. The first-order chi connectivity index (χ1) is 12.1. The van der Waals surface area contributed by atoms with E-state index < -0.39 is 0 Å². The first-order valence-electron chi connectivity index (χ1n) is 9.08. The molecule has 1 aromatic carbocycles. The Morgan fingerprint density at radius 3 is 2.44 bits per heavy atom. The molecule has 140 valence electrons. The highest BCUT2D eigenvalue weighted by molar-refractivity contribution is 5.78. The van der Waals surface area contributed by atoms with E-state index in [4.69, 9.17) is 9.47 Å². The van der Waals surface area contributed by atoms with Crippen LogP contribution in [-0.4, -0.2) is 69.9 Å². The van der Waals surface area contributed by atoms with Crippen molar-refractivity contribution in [2.75, 3.05) is 57.9 Å². The Morgan fingerprint density at radius 2 is 1.84 bits per heavy atom. The van der Waals surface area contributed by atoms with Gasteiger partial charge in [-0.05, 0) is 44.5 Å². The minimum absolute atomic E-state index is 0.0995. The molecule has 0 aliphatic carbocycles. The van der Waals surface area contributed by atoms with Crippen molar-refractivity contribution in [3.63, 3.8) is 0 Å². The summed E-state index contributed by atoms with van der Waals surface area (Å²) in [5, 5.41) is 2.97. The van der Waals surface area contributed by atoms with Crippen LogP contribution < -0.4 is 15.0 Å². The molecule has 1 heterocycles. The number of hydrogen-bond acceptors (Lipinski definition) is 5. The van der Waals surface area contributed by atoms with Gasteiger partial charge in [0.15, 0.2) is 0 Å². The van der Waals surface area contributed by atoms with Crippen molar-refractivity contribution in [2.45, 2.75) is 26.4 Å². The van der Waals surface area contributed by atoms with Gasteiger partial charge in [-0.15, -0.1) is 0 Å². The van der Waals surface area contributed by atoms with Crippen molar-refractivity contribution in [2.24, 2.45) is 0 Å². The SMILES string of the molecule is COc1ccc(N2CCN(CC(=O)NCCCOC(C)C)CC2)cc1. The van der Waals surface area contributed by atoms with Crippen molar-refractivity contribution in [3.8, 4) is 5.75 Å². The van der Waals surface area contributed by atoms with Gasteiger partial charge in [0.05, 0.1) is 19.8 Å². The lowest BCUT2D eigenvalue weighted by Gasteiger charge is -2.35. The monoisotopic (exact) mass is 349 g/mol. The highest BCUT2D eigenvalue weighted by Crippen LogP contribution is 2.20. The van der Waals surface area contributed by atoms with Gasteiger partial charge in [0, 0.05) is 45.0 Å². The minimum Gasteiger partial charge on any atom is -0.497 e. The molecule has 1 fully saturated rings. The summed E-state index contributed by atoms with van der Waals surface area (Å²) in [6.45, 7) is 9.54. The molecule has 6 nitrogen and oxygen atoms in total. The van der Waals surface area contributed by atoms with Crippen LogP contribution in [0.2, 0.25) is 0 Å². The quantitative estimate of drug-likeness (QED) is 0.689. The molecule has 1 aromatic rings. The molecule has 0 bridgehead atoms. The molecule has 0 radical (unpaired) electrons. The summed E-state index contributed by atoms with van der Waals surface area (Å²) in [6.07, 6.45) is 1.10. The van der Waals surface area contributed by atoms with Gasteiger partial charge in [-0.25, -0.2) is 0 Å². The molecule has 0 atom stereocenters. The molecule has 0 saturated carbocycles. The van der Waals surface area contributed by atoms with Crippen LogP contribution in [0.25, 0.3) is 0 Å². The molecule has 0 unspecified atom stereocenters. The fourth-order valence-corrected chi connectivity index (χ4v) is 2.84. The maximum Gasteiger partial charge on any atom is 0.234 e. The molecular formula is C19H31N3O3. The van der Waals surface area contributed by atoms with Crippen molar-refractivity contribution >= 4 is 11.6 Å². The fourth-order valence-electron chi connectivity index (χ4n) is 2.84. The second-order valence-corrected chi connectivity index (χ2v) is 6.58. The predicted octanol–water partition coefficient (Wildman–Crippen LogP) is 1.75. The average Bonchev–Trinajstić information content (AvgIpc) is 2.62. The van der Waals surface area contributed by atoms with Crippen LogP contribution in [0.5, 0.6) is 5.75 Å². The minimum atomic E-state index is 0.0995. The molecule has 6 heteroatoms. The summed E-state index contributed by atoms with van der Waals surface area (Å²) in [4.78, 5) is 16.6. The molecule has 1 N–H and O–H groups in total. The van der Waals surface area contributed by atoms with Crippen LogP contribution in [-0.2, 0) is 9.53 Å². The highest BCUT2D eigenvalue weighted by Gasteiger charge is 2.19. The van der Waals surface area contributed by atoms with Crippen molar-refractivity contribution in [1.82, 2.24) is 10.2 Å². The van der Waals surface area contributed by atoms with E-state index in [9.17, 15) is 4.79 Å². The molecule has 1 amide bonds. The smallest absolute Gasteiger partial charge is 0.234 e. The predicted molar refractivity (Wildman–Crippen MR) is 100 cm³/mol. The second-order valence-electron chi connectivity index (χ2n) is 6.58. The number of rotatable bonds is 9. The summed E-state index contributed by atoms with van der Waals surface area (Å²) >= 11 is 0. The number of methoxy groups -OCH3 is 1. The third-order valence-electron chi connectivity index (χ3n) is 4.27. The number of nitrogens with zero attached hydrogens (tertiary/aromatic N) is 2. The fraction of sp³-hybridized carbons (Fsp3) is 0.632. The number of hydrogen-bond donors (Lipinski definition) is 1. The molecule has 0 aromatic heterocycles. The number of amides is 1. The number of anilines is 1. The van der Waals surface area contributed by atoms with Gasteiger partial charge in [-0.3, -0.25) is 9.69 Å². The number of piperazine rings is 1. The summed E-state index contributed by atoms with van der Waals surface area (Å²) in [6, 6.07) is 8.14. The van der Waals surface area contributed by atoms with Gasteiger partial charge >= 0.3 is 0 Å². The Bertz CT molecular complexity index is 511. The van der Waals surface area contributed by atoms with Gasteiger partial charge in [0.1, 0.15) is 5.75 Å². The lowest BCUT2D eigenvalue weighted by molar-refractivity contribution is -0.122. The number of ether oxygens (including phenoxy) is 2. The molecule has 1 saturated heterocycles. The van der Waals surface area contributed by atoms with Gasteiger partial charge in [0.25, 0.3) is 0 Å². The summed E-state index contributed by atoms with van der Waals surface area (Å²) in [5.74, 6) is 0.972. The maximum absolute atomic E-state index is 12.0. The van der Waals surface area contributed by atoms with Gasteiger partial charge < -0.3 is 19.7 Å². The molecule has 25 heavy (non-hydrogen) atoms. The number of carbonyl (C=O) groups is 1. The van der Waals surface area contributed by atoms with E-state index in [2.05, 4.69) is 27.2 Å². The van der Waals surface area contributed by atoms with E-state index in [1.165, 1.54) is 5.69 Å². The normalized spacial score (nSPS) is 15.4. The third kappa shape index (κ3) is 6.92. The van der Waals surface area contributed by atoms with Gasteiger partial charge in [-0.2, -0.15) is 0 Å². The summed E-state index contributed by atoms with van der Waals surface area (Å²) in [7, 11) is 1.68. The van der Waals surface area contributed by atoms with Gasteiger partial charge in [-0.1, -0.05) is 0 Å². The number of carbonyl (C=O) groups excluding carboxylic acids is 1. The standard InChI is InChI=1S/C19H31N3O3/c1-16(2)25-14-4-9-20-19(23)15-21-10-12-22(13-11-21)17-5-7-18(24-3)8-6-17/h5-8,16H,4,9-15H2,1-3H3,(H,20,23). The van der Waals surface area contributed by atoms with E-state index >= 15 is 0 Å². The lowest BCUT2D eigenvalue weighted by Crippen LogP contribution is -2.49. The van der Waals surface area contributed by atoms with Gasteiger partial charge in [0.2, 0.25) is 5.91 Å². The van der Waals surface area contributed by atoms with Crippen molar-refractivity contribution < 1.29 is 14.3 Å².